The smallest absolute Gasteiger partial charge is 0.275 e. The number of nitrogens with one attached hydrogen (secondary N) is 2. The zero-order valence-corrected chi connectivity index (χ0v) is 12.7. The summed E-state index contributed by atoms with van der Waals surface area (Å²) in [6, 6.07) is 5.35. The largest absolute Gasteiger partial charge is 0.369 e. The monoisotopic (exact) mass is 304 g/mol. The highest BCUT2D eigenvalue weighted by Crippen LogP contribution is 2.20. The van der Waals surface area contributed by atoms with Gasteiger partial charge < -0.3 is 10.6 Å². The fourth-order valence-corrected chi connectivity index (χ4v) is 1.84. The molecule has 6 heteroatoms. The number of carbonyl (C=O) groups excluding carboxylic acids is 1. The maximum Gasteiger partial charge on any atom is 0.275 e. The first-order valence-electron chi connectivity index (χ1n) is 6.73. The van der Waals surface area contributed by atoms with Gasteiger partial charge in [0.15, 0.2) is 0 Å². The number of aromatic nitrogens is 2. The van der Waals surface area contributed by atoms with Crippen LogP contribution in [0.2, 0.25) is 5.02 Å². The molecule has 1 aromatic carbocycles. The summed E-state index contributed by atoms with van der Waals surface area (Å²) in [6.07, 6.45) is 3.99. The molecule has 1 heterocycles. The fourth-order valence-electron chi connectivity index (χ4n) is 1.66. The van der Waals surface area contributed by atoms with Crippen LogP contribution in [-0.4, -0.2) is 22.4 Å². The summed E-state index contributed by atoms with van der Waals surface area (Å²) in [7, 11) is 0. The van der Waals surface area contributed by atoms with Crippen LogP contribution in [-0.2, 0) is 0 Å². The minimum atomic E-state index is -0.315. The zero-order valence-electron chi connectivity index (χ0n) is 12.0. The minimum Gasteiger partial charge on any atom is -0.369 e. The van der Waals surface area contributed by atoms with Gasteiger partial charge in [0.2, 0.25) is 0 Å². The summed E-state index contributed by atoms with van der Waals surface area (Å²) in [4.78, 5) is 20.3. The Morgan fingerprint density at radius 2 is 2.10 bits per heavy atom. The van der Waals surface area contributed by atoms with Crippen molar-refractivity contribution in [3.63, 3.8) is 0 Å². The van der Waals surface area contributed by atoms with Gasteiger partial charge in [-0.25, -0.2) is 9.97 Å². The molecule has 0 unspecified atom stereocenters. The summed E-state index contributed by atoms with van der Waals surface area (Å²) < 4.78 is 0. The zero-order chi connectivity index (χ0) is 15.2. The van der Waals surface area contributed by atoms with E-state index in [1.165, 1.54) is 6.20 Å². The lowest BCUT2D eigenvalue weighted by Gasteiger charge is -2.07. The molecule has 0 aliphatic rings. The van der Waals surface area contributed by atoms with Gasteiger partial charge in [-0.15, -0.1) is 0 Å². The molecule has 2 rings (SSSR count). The van der Waals surface area contributed by atoms with Crippen LogP contribution in [0.15, 0.2) is 30.6 Å². The van der Waals surface area contributed by atoms with Crippen molar-refractivity contribution in [1.29, 1.82) is 0 Å². The van der Waals surface area contributed by atoms with E-state index in [1.807, 2.05) is 13.0 Å². The molecular formula is C15H17ClN4O. The first kappa shape index (κ1) is 15.3. The molecule has 1 aromatic heterocycles. The molecule has 110 valence electrons. The molecule has 2 N–H and O–H groups in total. The first-order chi connectivity index (χ1) is 10.1. The van der Waals surface area contributed by atoms with Crippen LogP contribution in [0.3, 0.4) is 0 Å². The predicted molar refractivity (Wildman–Crippen MR) is 85.0 cm³/mol. The quantitative estimate of drug-likeness (QED) is 0.887. The fraction of sp³-hybridized carbons (Fsp3) is 0.267. The second kappa shape index (κ2) is 7.04. The molecule has 0 aliphatic carbocycles. The van der Waals surface area contributed by atoms with Gasteiger partial charge >= 0.3 is 0 Å². The number of hydrogen-bond acceptors (Lipinski definition) is 4. The van der Waals surface area contributed by atoms with Crippen molar-refractivity contribution in [3.8, 4) is 0 Å². The Hall–Kier alpha value is -2.14. The molecular weight excluding hydrogens is 288 g/mol. The molecule has 0 bridgehead atoms. The SMILES string of the molecule is CCCNc1cnc(C(=O)Nc2ccc(C)c(Cl)c2)cn1. The normalized spacial score (nSPS) is 10.2. The van der Waals surface area contributed by atoms with Crippen LogP contribution in [0.1, 0.15) is 29.4 Å². The number of aryl methyl sites for hydroxylation is 1. The predicted octanol–water partition coefficient (Wildman–Crippen LogP) is 3.51. The Labute approximate surface area is 128 Å². The van der Waals surface area contributed by atoms with Crippen LogP contribution in [0.25, 0.3) is 0 Å². The third-order valence-corrected chi connectivity index (χ3v) is 3.28. The number of rotatable bonds is 5. The average molecular weight is 305 g/mol. The maximum atomic E-state index is 12.1. The molecule has 0 spiro atoms. The van der Waals surface area contributed by atoms with Crippen LogP contribution >= 0.6 is 11.6 Å². The number of halogens is 1. The highest BCUT2D eigenvalue weighted by Gasteiger charge is 2.09. The van der Waals surface area contributed by atoms with Gasteiger partial charge in [-0.05, 0) is 31.0 Å². The minimum absolute atomic E-state index is 0.258. The van der Waals surface area contributed by atoms with Crippen molar-refractivity contribution in [2.24, 2.45) is 0 Å². The third-order valence-electron chi connectivity index (χ3n) is 2.87. The van der Waals surface area contributed by atoms with Crippen molar-refractivity contribution in [2.45, 2.75) is 20.3 Å². The molecule has 21 heavy (non-hydrogen) atoms. The Bertz CT molecular complexity index is 628. The van der Waals surface area contributed by atoms with E-state index in [0.717, 1.165) is 18.5 Å². The van der Waals surface area contributed by atoms with E-state index in [4.69, 9.17) is 11.6 Å². The summed E-state index contributed by atoms with van der Waals surface area (Å²) in [5.74, 6) is 0.344. The van der Waals surface area contributed by atoms with E-state index >= 15 is 0 Å². The summed E-state index contributed by atoms with van der Waals surface area (Å²) in [5.41, 5.74) is 1.85. The number of carbonyl (C=O) groups is 1. The summed E-state index contributed by atoms with van der Waals surface area (Å²) in [6.45, 7) is 4.79. The molecule has 5 nitrogen and oxygen atoms in total. The molecule has 0 radical (unpaired) electrons. The van der Waals surface area contributed by atoms with E-state index in [0.29, 0.717) is 16.5 Å². The van der Waals surface area contributed by atoms with E-state index < -0.39 is 0 Å². The van der Waals surface area contributed by atoms with Gasteiger partial charge in [-0.1, -0.05) is 24.6 Å². The standard InChI is InChI=1S/C15H17ClN4O/c1-3-6-17-14-9-18-13(8-19-14)15(21)20-11-5-4-10(2)12(16)7-11/h4-5,7-9H,3,6H2,1-2H3,(H,17,19)(H,20,21). The van der Waals surface area contributed by atoms with Gasteiger partial charge in [-0.3, -0.25) is 4.79 Å². The Kier molecular flexibility index (Phi) is 5.11. The number of amides is 1. The van der Waals surface area contributed by atoms with E-state index in [2.05, 4.69) is 27.5 Å². The average Bonchev–Trinajstić information content (AvgIpc) is 2.49. The van der Waals surface area contributed by atoms with Gasteiger partial charge in [0.05, 0.1) is 12.4 Å². The van der Waals surface area contributed by atoms with Crippen molar-refractivity contribution < 1.29 is 4.79 Å². The Morgan fingerprint density at radius 3 is 2.71 bits per heavy atom. The molecule has 0 saturated heterocycles. The van der Waals surface area contributed by atoms with E-state index in [-0.39, 0.29) is 11.6 Å². The Morgan fingerprint density at radius 1 is 1.29 bits per heavy atom. The number of benzene rings is 1. The summed E-state index contributed by atoms with van der Waals surface area (Å²) in [5, 5.41) is 6.45. The number of nitrogens with zero attached hydrogens (tertiary/aromatic N) is 2. The number of anilines is 2. The van der Waals surface area contributed by atoms with Gasteiger partial charge in [0.1, 0.15) is 11.5 Å². The summed E-state index contributed by atoms with van der Waals surface area (Å²) >= 11 is 6.03. The van der Waals surface area contributed by atoms with Crippen LogP contribution in [0, 0.1) is 6.92 Å². The van der Waals surface area contributed by atoms with Crippen molar-refractivity contribution in [2.75, 3.05) is 17.2 Å². The van der Waals surface area contributed by atoms with Gasteiger partial charge in [-0.2, -0.15) is 0 Å². The first-order valence-corrected chi connectivity index (χ1v) is 7.11. The lowest BCUT2D eigenvalue weighted by atomic mass is 10.2. The van der Waals surface area contributed by atoms with E-state index in [1.54, 1.807) is 18.3 Å². The topological polar surface area (TPSA) is 66.9 Å². The van der Waals surface area contributed by atoms with Crippen LogP contribution < -0.4 is 10.6 Å². The van der Waals surface area contributed by atoms with Crippen molar-refractivity contribution in [1.82, 2.24) is 9.97 Å². The maximum absolute atomic E-state index is 12.1. The highest BCUT2D eigenvalue weighted by atomic mass is 35.5. The number of hydrogen-bond donors (Lipinski definition) is 2. The molecule has 2 aromatic rings. The molecule has 0 aliphatic heterocycles. The molecule has 1 amide bonds. The molecule has 0 saturated carbocycles. The highest BCUT2D eigenvalue weighted by molar-refractivity contribution is 6.31. The second-order valence-corrected chi connectivity index (χ2v) is 5.04. The van der Waals surface area contributed by atoms with Gasteiger partial charge in [0.25, 0.3) is 5.91 Å². The van der Waals surface area contributed by atoms with Crippen molar-refractivity contribution in [3.05, 3.63) is 46.9 Å². The lowest BCUT2D eigenvalue weighted by molar-refractivity contribution is 0.102. The molecule has 0 atom stereocenters. The van der Waals surface area contributed by atoms with Crippen LogP contribution in [0.4, 0.5) is 11.5 Å². The van der Waals surface area contributed by atoms with E-state index in [9.17, 15) is 4.79 Å². The van der Waals surface area contributed by atoms with Crippen molar-refractivity contribution >= 4 is 29.0 Å². The Balaban J connectivity index is 2.04. The second-order valence-electron chi connectivity index (χ2n) is 4.63. The molecule has 0 fully saturated rings. The lowest BCUT2D eigenvalue weighted by Crippen LogP contribution is -2.14. The third kappa shape index (κ3) is 4.16. The van der Waals surface area contributed by atoms with Crippen LogP contribution in [0.5, 0.6) is 0 Å². The van der Waals surface area contributed by atoms with Gasteiger partial charge in [0, 0.05) is 17.3 Å².